The molecule has 0 spiro atoms. The summed E-state index contributed by atoms with van der Waals surface area (Å²) in [7, 11) is 3.03. The third-order valence-corrected chi connectivity index (χ3v) is 5.25. The van der Waals surface area contributed by atoms with E-state index in [0.29, 0.717) is 43.3 Å². The maximum absolute atomic E-state index is 12.5. The summed E-state index contributed by atoms with van der Waals surface area (Å²) in [5, 5.41) is 2.91. The van der Waals surface area contributed by atoms with Crippen LogP contribution in [0.2, 0.25) is 0 Å². The highest BCUT2D eigenvalue weighted by Crippen LogP contribution is 2.16. The molecule has 0 aliphatic carbocycles. The SMILES string of the molecule is Cc1ccc(NC(=O)N2CCN(c3nc4c([nH]3)c(=O)n(C)c(=O)n4C)CC2)cc1. The number of benzene rings is 1. The number of fused-ring (bicyclic) bond motifs is 1. The highest BCUT2D eigenvalue weighted by molar-refractivity contribution is 5.89. The summed E-state index contributed by atoms with van der Waals surface area (Å²) < 4.78 is 2.40. The van der Waals surface area contributed by atoms with Crippen LogP contribution < -0.4 is 21.5 Å². The molecule has 3 heterocycles. The molecule has 2 amide bonds. The van der Waals surface area contributed by atoms with Crippen molar-refractivity contribution < 1.29 is 4.79 Å². The van der Waals surface area contributed by atoms with Crippen LogP contribution in [0.25, 0.3) is 11.2 Å². The zero-order valence-electron chi connectivity index (χ0n) is 16.6. The second-order valence-corrected chi connectivity index (χ2v) is 7.24. The van der Waals surface area contributed by atoms with Gasteiger partial charge in [0.2, 0.25) is 5.95 Å². The average Bonchev–Trinajstić information content (AvgIpc) is 3.18. The number of carbonyl (C=O) groups excluding carboxylic acids is 1. The van der Waals surface area contributed by atoms with E-state index in [2.05, 4.69) is 15.3 Å². The molecule has 0 saturated carbocycles. The van der Waals surface area contributed by atoms with Gasteiger partial charge in [0, 0.05) is 46.0 Å². The van der Waals surface area contributed by atoms with Crippen molar-refractivity contribution in [1.29, 1.82) is 0 Å². The smallest absolute Gasteiger partial charge is 0.332 e. The molecule has 3 aromatic rings. The monoisotopic (exact) mass is 397 g/mol. The molecule has 2 aromatic heterocycles. The summed E-state index contributed by atoms with van der Waals surface area (Å²) in [6.07, 6.45) is 0. The molecule has 10 nitrogen and oxygen atoms in total. The van der Waals surface area contributed by atoms with Gasteiger partial charge < -0.3 is 20.1 Å². The summed E-state index contributed by atoms with van der Waals surface area (Å²) in [5.41, 5.74) is 1.69. The van der Waals surface area contributed by atoms with E-state index in [1.54, 1.807) is 11.9 Å². The number of aryl methyl sites for hydroxylation is 2. The Morgan fingerprint density at radius 2 is 1.69 bits per heavy atom. The molecule has 29 heavy (non-hydrogen) atoms. The first-order valence-corrected chi connectivity index (χ1v) is 9.38. The fourth-order valence-electron chi connectivity index (χ4n) is 3.42. The molecular formula is C19H23N7O3. The van der Waals surface area contributed by atoms with Crippen molar-refractivity contribution in [2.24, 2.45) is 14.1 Å². The Balaban J connectivity index is 1.47. The predicted octanol–water partition coefficient (Wildman–Crippen LogP) is 0.623. The number of carbonyl (C=O) groups is 1. The second kappa shape index (κ2) is 7.12. The molecule has 2 N–H and O–H groups in total. The molecule has 0 unspecified atom stereocenters. The van der Waals surface area contributed by atoms with Gasteiger partial charge in [0.05, 0.1) is 0 Å². The van der Waals surface area contributed by atoms with Gasteiger partial charge in [-0.1, -0.05) is 17.7 Å². The van der Waals surface area contributed by atoms with Gasteiger partial charge in [-0.3, -0.25) is 13.9 Å². The Labute approximate surface area is 166 Å². The van der Waals surface area contributed by atoms with Gasteiger partial charge in [0.1, 0.15) is 0 Å². The Morgan fingerprint density at radius 3 is 2.34 bits per heavy atom. The number of hydrogen-bond acceptors (Lipinski definition) is 5. The first-order valence-electron chi connectivity index (χ1n) is 9.38. The van der Waals surface area contributed by atoms with Gasteiger partial charge in [-0.2, -0.15) is 4.98 Å². The number of hydrogen-bond donors (Lipinski definition) is 2. The van der Waals surface area contributed by atoms with Gasteiger partial charge in [0.15, 0.2) is 11.2 Å². The molecule has 1 fully saturated rings. The van der Waals surface area contributed by atoms with Crippen LogP contribution in [0, 0.1) is 6.92 Å². The summed E-state index contributed by atoms with van der Waals surface area (Å²) in [4.78, 5) is 48.1. The van der Waals surface area contributed by atoms with Crippen LogP contribution in [0.5, 0.6) is 0 Å². The van der Waals surface area contributed by atoms with Crippen molar-refractivity contribution in [1.82, 2.24) is 24.0 Å². The van der Waals surface area contributed by atoms with Crippen LogP contribution in [0.3, 0.4) is 0 Å². The Morgan fingerprint density at radius 1 is 1.03 bits per heavy atom. The molecule has 0 bridgehead atoms. The maximum atomic E-state index is 12.5. The van der Waals surface area contributed by atoms with Crippen molar-refractivity contribution in [3.63, 3.8) is 0 Å². The van der Waals surface area contributed by atoms with E-state index in [4.69, 9.17) is 0 Å². The van der Waals surface area contributed by atoms with Crippen LogP contribution in [0.4, 0.5) is 16.4 Å². The number of anilines is 2. The maximum Gasteiger partial charge on any atom is 0.332 e. The lowest BCUT2D eigenvalue weighted by Crippen LogP contribution is -2.50. The number of rotatable bonds is 2. The quantitative estimate of drug-likeness (QED) is 0.659. The molecule has 10 heteroatoms. The standard InChI is InChI=1S/C19H23N7O3/c1-12-4-6-13(7-5-12)20-18(28)26-10-8-25(9-11-26)17-21-14-15(22-17)23(2)19(29)24(3)16(14)27/h4-7H,8-11H2,1-3H3,(H,20,28)(H,21,22). The molecule has 1 saturated heterocycles. The lowest BCUT2D eigenvalue weighted by molar-refractivity contribution is 0.208. The average molecular weight is 397 g/mol. The summed E-state index contributed by atoms with van der Waals surface area (Å²) in [5.74, 6) is 0.525. The number of imidazole rings is 1. The minimum atomic E-state index is -0.418. The first kappa shape index (κ1) is 18.8. The van der Waals surface area contributed by atoms with Gasteiger partial charge in [-0.15, -0.1) is 0 Å². The highest BCUT2D eigenvalue weighted by Gasteiger charge is 2.24. The van der Waals surface area contributed by atoms with Gasteiger partial charge in [-0.05, 0) is 19.1 Å². The topological polar surface area (TPSA) is 108 Å². The fourth-order valence-corrected chi connectivity index (χ4v) is 3.42. The van der Waals surface area contributed by atoms with Crippen molar-refractivity contribution in [2.45, 2.75) is 6.92 Å². The van der Waals surface area contributed by atoms with E-state index < -0.39 is 11.2 Å². The largest absolute Gasteiger partial charge is 0.339 e. The lowest BCUT2D eigenvalue weighted by Gasteiger charge is -2.34. The van der Waals surface area contributed by atoms with Gasteiger partial charge >= 0.3 is 11.7 Å². The third kappa shape index (κ3) is 3.37. The molecule has 1 aliphatic heterocycles. The molecule has 4 rings (SSSR count). The highest BCUT2D eigenvalue weighted by atomic mass is 16.2. The number of piperazine rings is 1. The molecule has 0 atom stereocenters. The third-order valence-electron chi connectivity index (χ3n) is 5.25. The van der Waals surface area contributed by atoms with E-state index in [1.165, 1.54) is 11.6 Å². The Kier molecular flexibility index (Phi) is 4.61. The minimum absolute atomic E-state index is 0.144. The molecule has 152 valence electrons. The normalized spacial score (nSPS) is 14.4. The lowest BCUT2D eigenvalue weighted by atomic mass is 10.2. The fraction of sp³-hybridized carbons (Fsp3) is 0.368. The summed E-state index contributed by atoms with van der Waals surface area (Å²) >= 11 is 0. The Bertz CT molecular complexity index is 1180. The van der Waals surface area contributed by atoms with Gasteiger partial charge in [-0.25, -0.2) is 9.59 Å². The molecular weight excluding hydrogens is 374 g/mol. The van der Waals surface area contributed by atoms with Crippen molar-refractivity contribution in [3.8, 4) is 0 Å². The van der Waals surface area contributed by atoms with E-state index in [-0.39, 0.29) is 6.03 Å². The van der Waals surface area contributed by atoms with Crippen molar-refractivity contribution >= 4 is 28.8 Å². The number of amides is 2. The Hall–Kier alpha value is -3.56. The predicted molar refractivity (Wildman–Crippen MR) is 111 cm³/mol. The zero-order chi connectivity index (χ0) is 20.7. The van der Waals surface area contributed by atoms with Crippen molar-refractivity contribution in [2.75, 3.05) is 36.4 Å². The number of H-pyrrole nitrogens is 1. The number of nitrogens with one attached hydrogen (secondary N) is 2. The van der Waals surface area contributed by atoms with Crippen molar-refractivity contribution in [3.05, 3.63) is 50.7 Å². The van der Waals surface area contributed by atoms with Crippen LogP contribution in [0.15, 0.2) is 33.9 Å². The number of urea groups is 1. The van der Waals surface area contributed by atoms with Crippen LogP contribution in [-0.2, 0) is 14.1 Å². The number of aromatic nitrogens is 4. The molecule has 1 aromatic carbocycles. The van der Waals surface area contributed by atoms with Crippen LogP contribution in [-0.4, -0.2) is 56.2 Å². The van der Waals surface area contributed by atoms with Crippen LogP contribution in [0.1, 0.15) is 5.56 Å². The minimum Gasteiger partial charge on any atom is -0.339 e. The zero-order valence-corrected chi connectivity index (χ0v) is 16.6. The second-order valence-electron chi connectivity index (χ2n) is 7.24. The first-order chi connectivity index (χ1) is 13.8. The molecule has 1 aliphatic rings. The number of nitrogens with zero attached hydrogens (tertiary/aromatic N) is 5. The summed E-state index contributed by atoms with van der Waals surface area (Å²) in [6.45, 7) is 4.17. The van der Waals surface area contributed by atoms with Crippen LogP contribution >= 0.6 is 0 Å². The number of aromatic amines is 1. The molecule has 0 radical (unpaired) electrons. The van der Waals surface area contributed by atoms with E-state index >= 15 is 0 Å². The van der Waals surface area contributed by atoms with E-state index in [1.807, 2.05) is 36.1 Å². The van der Waals surface area contributed by atoms with E-state index in [9.17, 15) is 14.4 Å². The van der Waals surface area contributed by atoms with E-state index in [0.717, 1.165) is 15.8 Å². The van der Waals surface area contributed by atoms with Gasteiger partial charge in [0.25, 0.3) is 5.56 Å². The summed E-state index contributed by atoms with van der Waals surface area (Å²) in [6, 6.07) is 7.51.